The highest BCUT2D eigenvalue weighted by Crippen LogP contribution is 2.19. The molecule has 7 nitrogen and oxygen atoms in total. The minimum Gasteiger partial charge on any atom is -0.399 e. The van der Waals surface area contributed by atoms with Gasteiger partial charge < -0.3 is 5.73 Å². The zero-order valence-corrected chi connectivity index (χ0v) is 12.7. The van der Waals surface area contributed by atoms with Crippen LogP contribution in [0.3, 0.4) is 0 Å². The fraction of sp³-hybridized carbons (Fsp3) is 0.125. The fourth-order valence-electron chi connectivity index (χ4n) is 1.93. The maximum absolute atomic E-state index is 12.0. The topological polar surface area (TPSA) is 111 Å². The molecule has 0 aliphatic rings. The molecular weight excluding hydrogens is 296 g/mol. The second-order valence-electron chi connectivity index (χ2n) is 5.02. The third kappa shape index (κ3) is 3.91. The molecule has 0 heterocycles. The number of nitrogens with zero attached hydrogens (tertiary/aromatic N) is 2. The molecule has 0 fully saturated rings. The number of hydrogen-bond donors (Lipinski definition) is 2. The zero-order chi connectivity index (χ0) is 17.0. The third-order valence-electron chi connectivity index (χ3n) is 3.32. The molecular formula is C16H16N4O3. The summed E-state index contributed by atoms with van der Waals surface area (Å²) in [5.41, 5.74) is 10.6. The number of nitrogens with one attached hydrogen (secondary N) is 1. The van der Waals surface area contributed by atoms with Crippen LogP contribution in [0.5, 0.6) is 0 Å². The molecule has 0 aliphatic carbocycles. The Kier molecular flexibility index (Phi) is 4.70. The Morgan fingerprint density at radius 3 is 2.39 bits per heavy atom. The Bertz CT molecular complexity index is 782. The number of nitrogens with two attached hydrogens (primary N) is 1. The Morgan fingerprint density at radius 2 is 1.78 bits per heavy atom. The number of nitro groups is 1. The number of rotatable bonds is 4. The molecule has 0 unspecified atom stereocenters. The van der Waals surface area contributed by atoms with Gasteiger partial charge in [0.1, 0.15) is 0 Å². The Labute approximate surface area is 133 Å². The zero-order valence-electron chi connectivity index (χ0n) is 12.7. The van der Waals surface area contributed by atoms with Crippen molar-refractivity contribution in [2.45, 2.75) is 13.8 Å². The van der Waals surface area contributed by atoms with Gasteiger partial charge in [-0.25, -0.2) is 5.43 Å². The van der Waals surface area contributed by atoms with Crippen LogP contribution < -0.4 is 11.2 Å². The average molecular weight is 312 g/mol. The molecule has 2 aromatic rings. The number of hydrazone groups is 1. The van der Waals surface area contributed by atoms with Crippen LogP contribution in [-0.2, 0) is 0 Å². The number of aryl methyl sites for hydroxylation is 1. The molecule has 0 radical (unpaired) electrons. The van der Waals surface area contributed by atoms with Crippen molar-refractivity contribution in [2.24, 2.45) is 5.10 Å². The lowest BCUT2D eigenvalue weighted by atomic mass is 10.1. The van der Waals surface area contributed by atoms with Gasteiger partial charge in [0.15, 0.2) is 0 Å². The smallest absolute Gasteiger partial charge is 0.272 e. The van der Waals surface area contributed by atoms with Crippen molar-refractivity contribution in [3.63, 3.8) is 0 Å². The van der Waals surface area contributed by atoms with Gasteiger partial charge in [-0.3, -0.25) is 14.9 Å². The molecule has 0 bridgehead atoms. The summed E-state index contributed by atoms with van der Waals surface area (Å²) in [6, 6.07) is 11.2. The lowest BCUT2D eigenvalue weighted by Gasteiger charge is -2.04. The van der Waals surface area contributed by atoms with Gasteiger partial charge >= 0.3 is 0 Å². The maximum Gasteiger partial charge on any atom is 0.272 e. The van der Waals surface area contributed by atoms with Crippen molar-refractivity contribution < 1.29 is 9.72 Å². The number of benzene rings is 2. The summed E-state index contributed by atoms with van der Waals surface area (Å²) in [6.45, 7) is 3.33. The number of hydrogen-bond acceptors (Lipinski definition) is 5. The van der Waals surface area contributed by atoms with E-state index in [1.54, 1.807) is 50.2 Å². The van der Waals surface area contributed by atoms with Crippen molar-refractivity contribution in [1.82, 2.24) is 5.43 Å². The average Bonchev–Trinajstić information content (AvgIpc) is 2.53. The molecule has 7 heteroatoms. The molecule has 3 N–H and O–H groups in total. The Hall–Kier alpha value is -3.22. The van der Waals surface area contributed by atoms with Crippen LogP contribution in [0.25, 0.3) is 0 Å². The highest BCUT2D eigenvalue weighted by atomic mass is 16.6. The first-order chi connectivity index (χ1) is 10.9. The number of anilines is 1. The Morgan fingerprint density at radius 1 is 1.17 bits per heavy atom. The van der Waals surface area contributed by atoms with Gasteiger partial charge in [-0.1, -0.05) is 12.1 Å². The van der Waals surface area contributed by atoms with Crippen molar-refractivity contribution >= 4 is 23.0 Å². The summed E-state index contributed by atoms with van der Waals surface area (Å²) in [5.74, 6) is -0.383. The van der Waals surface area contributed by atoms with Crippen LogP contribution in [0.15, 0.2) is 47.6 Å². The molecule has 0 aromatic heterocycles. The minimum atomic E-state index is -0.445. The van der Waals surface area contributed by atoms with Gasteiger partial charge in [-0.05, 0) is 38.1 Å². The van der Waals surface area contributed by atoms with Crippen LogP contribution in [0, 0.1) is 17.0 Å². The van der Waals surface area contributed by atoms with Crippen LogP contribution in [0.2, 0.25) is 0 Å². The van der Waals surface area contributed by atoms with Gasteiger partial charge in [-0.15, -0.1) is 0 Å². The molecule has 0 atom stereocenters. The number of amides is 1. The molecule has 2 aromatic carbocycles. The SMILES string of the molecule is CC(=NNC(=O)c1ccc(N)cc1)c1ccc(C)c([N+](=O)[O-])c1. The quantitative estimate of drug-likeness (QED) is 0.391. The summed E-state index contributed by atoms with van der Waals surface area (Å²) in [5, 5.41) is 14.9. The van der Waals surface area contributed by atoms with Crippen LogP contribution in [0.1, 0.15) is 28.4 Å². The van der Waals surface area contributed by atoms with Crippen LogP contribution in [-0.4, -0.2) is 16.5 Å². The first kappa shape index (κ1) is 16.2. The van der Waals surface area contributed by atoms with Crippen molar-refractivity contribution in [3.05, 3.63) is 69.3 Å². The predicted octanol–water partition coefficient (Wildman–Crippen LogP) is 2.64. The fourth-order valence-corrected chi connectivity index (χ4v) is 1.93. The largest absolute Gasteiger partial charge is 0.399 e. The molecule has 0 saturated heterocycles. The van der Waals surface area contributed by atoms with Gasteiger partial charge in [0.25, 0.3) is 11.6 Å². The summed E-state index contributed by atoms with van der Waals surface area (Å²) in [6.07, 6.45) is 0. The van der Waals surface area contributed by atoms with E-state index < -0.39 is 4.92 Å². The van der Waals surface area contributed by atoms with Gasteiger partial charge in [0.2, 0.25) is 0 Å². The van der Waals surface area contributed by atoms with Gasteiger partial charge in [-0.2, -0.15) is 5.10 Å². The van der Waals surface area contributed by atoms with E-state index in [-0.39, 0.29) is 11.6 Å². The van der Waals surface area contributed by atoms with Crippen molar-refractivity contribution in [2.75, 3.05) is 5.73 Å². The second kappa shape index (κ2) is 6.69. The van der Waals surface area contributed by atoms with Crippen LogP contribution >= 0.6 is 0 Å². The molecule has 1 amide bonds. The summed E-state index contributed by atoms with van der Waals surface area (Å²) < 4.78 is 0. The number of nitro benzene ring substituents is 1. The Balaban J connectivity index is 2.16. The lowest BCUT2D eigenvalue weighted by Crippen LogP contribution is -2.19. The monoisotopic (exact) mass is 312 g/mol. The van der Waals surface area contributed by atoms with E-state index in [9.17, 15) is 14.9 Å². The molecule has 118 valence electrons. The van der Waals surface area contributed by atoms with Crippen molar-refractivity contribution in [3.8, 4) is 0 Å². The number of carbonyl (C=O) groups is 1. The maximum atomic E-state index is 12.0. The van der Waals surface area contributed by atoms with E-state index in [0.717, 1.165) is 0 Å². The van der Waals surface area contributed by atoms with Gasteiger partial charge in [0, 0.05) is 28.4 Å². The van der Waals surface area contributed by atoms with E-state index in [1.165, 1.54) is 6.07 Å². The van der Waals surface area contributed by atoms with E-state index in [1.807, 2.05) is 0 Å². The molecule has 0 aliphatic heterocycles. The predicted molar refractivity (Wildman–Crippen MR) is 88.4 cm³/mol. The second-order valence-corrected chi connectivity index (χ2v) is 5.02. The standard InChI is InChI=1S/C16H16N4O3/c1-10-3-4-13(9-15(10)20(22)23)11(2)18-19-16(21)12-5-7-14(17)8-6-12/h3-9H,17H2,1-2H3,(H,19,21). The summed E-state index contributed by atoms with van der Waals surface area (Å²) in [4.78, 5) is 22.5. The first-order valence-corrected chi connectivity index (χ1v) is 6.84. The van der Waals surface area contributed by atoms with Crippen LogP contribution in [0.4, 0.5) is 11.4 Å². The normalized spacial score (nSPS) is 11.1. The summed E-state index contributed by atoms with van der Waals surface area (Å²) in [7, 11) is 0. The summed E-state index contributed by atoms with van der Waals surface area (Å²) >= 11 is 0. The first-order valence-electron chi connectivity index (χ1n) is 6.84. The van der Waals surface area contributed by atoms with E-state index in [2.05, 4.69) is 10.5 Å². The third-order valence-corrected chi connectivity index (χ3v) is 3.32. The lowest BCUT2D eigenvalue weighted by molar-refractivity contribution is -0.385. The minimum absolute atomic E-state index is 0.0157. The molecule has 0 spiro atoms. The van der Waals surface area contributed by atoms with E-state index in [0.29, 0.717) is 28.1 Å². The molecule has 0 saturated carbocycles. The number of nitrogen functional groups attached to an aromatic ring is 1. The highest BCUT2D eigenvalue weighted by molar-refractivity contribution is 6.01. The van der Waals surface area contributed by atoms with Crippen molar-refractivity contribution in [1.29, 1.82) is 0 Å². The molecule has 2 rings (SSSR count). The van der Waals surface area contributed by atoms with E-state index in [4.69, 9.17) is 5.73 Å². The molecule has 23 heavy (non-hydrogen) atoms. The van der Waals surface area contributed by atoms with Gasteiger partial charge in [0.05, 0.1) is 10.6 Å². The van der Waals surface area contributed by atoms with E-state index >= 15 is 0 Å². The number of carbonyl (C=O) groups excluding carboxylic acids is 1. The highest BCUT2D eigenvalue weighted by Gasteiger charge is 2.12.